The number of aromatic nitrogens is 1. The molecule has 1 amide bonds. The molecule has 32 heavy (non-hydrogen) atoms. The Labute approximate surface area is 197 Å². The number of halogens is 2. The summed E-state index contributed by atoms with van der Waals surface area (Å²) in [5, 5.41) is 3.98. The van der Waals surface area contributed by atoms with E-state index in [0.29, 0.717) is 33.5 Å². The van der Waals surface area contributed by atoms with E-state index >= 15 is 0 Å². The van der Waals surface area contributed by atoms with Gasteiger partial charge in [0.2, 0.25) is 0 Å². The van der Waals surface area contributed by atoms with Crippen molar-refractivity contribution in [1.82, 2.24) is 10.3 Å². The van der Waals surface area contributed by atoms with Crippen molar-refractivity contribution in [2.75, 3.05) is 19.1 Å². The quantitative estimate of drug-likeness (QED) is 0.473. The standard InChI is InChI=1S/C24H23Cl2N3O3/c1-15(17-7-9-18(10-8-17)24(31)32-3)28-23(30)21-12-20(26)13-27-22(21)29(2)14-16-5-4-6-19(25)11-16/h4-13,15H,14H2,1-3H3,(H,28,30)/t15-/m0/s1. The number of amides is 1. The molecule has 3 aromatic rings. The van der Waals surface area contributed by atoms with Gasteiger partial charge in [-0.25, -0.2) is 9.78 Å². The molecule has 2 aromatic carbocycles. The van der Waals surface area contributed by atoms with Gasteiger partial charge in [0.25, 0.3) is 5.91 Å². The van der Waals surface area contributed by atoms with Crippen LogP contribution in [0.3, 0.4) is 0 Å². The maximum Gasteiger partial charge on any atom is 0.337 e. The van der Waals surface area contributed by atoms with Crippen LogP contribution >= 0.6 is 23.2 Å². The van der Waals surface area contributed by atoms with E-state index in [-0.39, 0.29) is 11.9 Å². The normalized spacial score (nSPS) is 11.5. The van der Waals surface area contributed by atoms with Gasteiger partial charge in [0.15, 0.2) is 0 Å². The maximum atomic E-state index is 13.1. The Balaban J connectivity index is 1.78. The zero-order chi connectivity index (χ0) is 23.3. The molecular weight excluding hydrogens is 449 g/mol. The maximum absolute atomic E-state index is 13.1. The number of esters is 1. The van der Waals surface area contributed by atoms with Gasteiger partial charge in [-0.15, -0.1) is 0 Å². The second-order valence-corrected chi connectivity index (χ2v) is 8.19. The van der Waals surface area contributed by atoms with E-state index in [1.54, 1.807) is 30.3 Å². The van der Waals surface area contributed by atoms with Gasteiger partial charge >= 0.3 is 5.97 Å². The highest BCUT2D eigenvalue weighted by molar-refractivity contribution is 6.31. The van der Waals surface area contributed by atoms with Gasteiger partial charge in [-0.2, -0.15) is 0 Å². The molecule has 0 radical (unpaired) electrons. The first kappa shape index (κ1) is 23.6. The molecule has 166 valence electrons. The summed E-state index contributed by atoms with van der Waals surface area (Å²) in [7, 11) is 3.18. The summed E-state index contributed by atoms with van der Waals surface area (Å²) in [6.07, 6.45) is 1.51. The Morgan fingerprint density at radius 2 is 1.81 bits per heavy atom. The molecule has 0 aliphatic heterocycles. The molecule has 0 bridgehead atoms. The number of rotatable bonds is 7. The van der Waals surface area contributed by atoms with Gasteiger partial charge in [-0.1, -0.05) is 47.5 Å². The number of methoxy groups -OCH3 is 1. The number of hydrogen-bond acceptors (Lipinski definition) is 5. The third kappa shape index (κ3) is 5.78. The minimum absolute atomic E-state index is 0.306. The topological polar surface area (TPSA) is 71.5 Å². The van der Waals surface area contributed by atoms with Gasteiger partial charge in [-0.05, 0) is 48.4 Å². The zero-order valence-corrected chi connectivity index (χ0v) is 19.4. The molecule has 3 rings (SSSR count). The van der Waals surface area contributed by atoms with Crippen LogP contribution in [0.25, 0.3) is 0 Å². The summed E-state index contributed by atoms with van der Waals surface area (Å²) in [5.41, 5.74) is 2.63. The largest absolute Gasteiger partial charge is 0.465 e. The molecule has 6 nitrogen and oxygen atoms in total. The molecule has 1 heterocycles. The van der Waals surface area contributed by atoms with E-state index in [2.05, 4.69) is 10.3 Å². The molecule has 0 spiro atoms. The smallest absolute Gasteiger partial charge is 0.337 e. The van der Waals surface area contributed by atoms with Crippen LogP contribution in [0, 0.1) is 0 Å². The van der Waals surface area contributed by atoms with E-state index in [0.717, 1.165) is 11.1 Å². The van der Waals surface area contributed by atoms with Gasteiger partial charge < -0.3 is 15.0 Å². The molecule has 1 N–H and O–H groups in total. The average Bonchev–Trinajstić information content (AvgIpc) is 2.78. The van der Waals surface area contributed by atoms with E-state index < -0.39 is 5.97 Å². The predicted molar refractivity (Wildman–Crippen MR) is 126 cm³/mol. The van der Waals surface area contributed by atoms with Crippen molar-refractivity contribution in [3.63, 3.8) is 0 Å². The third-order valence-corrected chi connectivity index (χ3v) is 5.37. The van der Waals surface area contributed by atoms with Gasteiger partial charge in [0.1, 0.15) is 5.82 Å². The fourth-order valence-corrected chi connectivity index (χ4v) is 3.64. The minimum atomic E-state index is -0.411. The minimum Gasteiger partial charge on any atom is -0.465 e. The number of pyridine rings is 1. The first-order valence-electron chi connectivity index (χ1n) is 9.88. The van der Waals surface area contributed by atoms with Gasteiger partial charge in [-0.3, -0.25) is 4.79 Å². The summed E-state index contributed by atoms with van der Waals surface area (Å²) >= 11 is 12.2. The lowest BCUT2D eigenvalue weighted by Gasteiger charge is -2.22. The van der Waals surface area contributed by atoms with Gasteiger partial charge in [0, 0.05) is 24.8 Å². The van der Waals surface area contributed by atoms with Crippen molar-refractivity contribution in [2.24, 2.45) is 0 Å². The number of anilines is 1. The monoisotopic (exact) mass is 471 g/mol. The lowest BCUT2D eigenvalue weighted by atomic mass is 10.1. The summed E-state index contributed by atoms with van der Waals surface area (Å²) in [6.45, 7) is 2.37. The zero-order valence-electron chi connectivity index (χ0n) is 17.9. The Morgan fingerprint density at radius 3 is 2.47 bits per heavy atom. The van der Waals surface area contributed by atoms with Crippen LogP contribution in [0.5, 0.6) is 0 Å². The van der Waals surface area contributed by atoms with Crippen molar-refractivity contribution in [2.45, 2.75) is 19.5 Å². The number of nitrogens with zero attached hydrogens (tertiary/aromatic N) is 2. The number of hydrogen-bond donors (Lipinski definition) is 1. The first-order valence-corrected chi connectivity index (χ1v) is 10.6. The Hall–Kier alpha value is -3.09. The summed E-state index contributed by atoms with van der Waals surface area (Å²) in [5.74, 6) is -0.219. The molecule has 0 aliphatic rings. The van der Waals surface area contributed by atoms with E-state index in [9.17, 15) is 9.59 Å². The fraction of sp³-hybridized carbons (Fsp3) is 0.208. The van der Waals surface area contributed by atoms with Crippen LogP contribution in [-0.4, -0.2) is 31.0 Å². The molecular formula is C24H23Cl2N3O3. The van der Waals surface area contributed by atoms with Crippen LogP contribution in [0.1, 0.15) is 44.8 Å². The number of benzene rings is 2. The molecule has 8 heteroatoms. The lowest BCUT2D eigenvalue weighted by molar-refractivity contribution is 0.0600. The second-order valence-electron chi connectivity index (χ2n) is 7.32. The summed E-state index contributed by atoms with van der Waals surface area (Å²) in [6, 6.07) is 15.7. The van der Waals surface area contributed by atoms with E-state index in [4.69, 9.17) is 27.9 Å². The van der Waals surface area contributed by atoms with Crippen LogP contribution in [0.15, 0.2) is 60.8 Å². The Kier molecular flexibility index (Phi) is 7.72. The number of carbonyl (C=O) groups excluding carboxylic acids is 2. The molecule has 1 aromatic heterocycles. The fourth-order valence-electron chi connectivity index (χ4n) is 3.27. The average molecular weight is 472 g/mol. The van der Waals surface area contributed by atoms with Crippen molar-refractivity contribution < 1.29 is 14.3 Å². The molecule has 0 fully saturated rings. The predicted octanol–water partition coefficient (Wildman–Crippen LogP) is 5.30. The molecule has 0 aliphatic carbocycles. The Morgan fingerprint density at radius 1 is 1.09 bits per heavy atom. The summed E-state index contributed by atoms with van der Waals surface area (Å²) in [4.78, 5) is 31.0. The van der Waals surface area contributed by atoms with Crippen LogP contribution < -0.4 is 10.2 Å². The van der Waals surface area contributed by atoms with E-state index in [1.807, 2.05) is 43.1 Å². The third-order valence-electron chi connectivity index (χ3n) is 4.93. The molecule has 0 saturated heterocycles. The van der Waals surface area contributed by atoms with Crippen molar-refractivity contribution in [3.05, 3.63) is 93.1 Å². The van der Waals surface area contributed by atoms with Crippen molar-refractivity contribution in [1.29, 1.82) is 0 Å². The number of nitrogens with one attached hydrogen (secondary N) is 1. The van der Waals surface area contributed by atoms with Crippen molar-refractivity contribution in [3.8, 4) is 0 Å². The second kappa shape index (κ2) is 10.5. The summed E-state index contributed by atoms with van der Waals surface area (Å²) < 4.78 is 4.71. The highest BCUT2D eigenvalue weighted by atomic mass is 35.5. The molecule has 1 atom stereocenters. The number of carbonyl (C=O) groups is 2. The van der Waals surface area contributed by atoms with Crippen molar-refractivity contribution >= 4 is 40.9 Å². The SMILES string of the molecule is COC(=O)c1ccc([C@H](C)NC(=O)c2cc(Cl)cnc2N(C)Cc2cccc(Cl)c2)cc1. The van der Waals surface area contributed by atoms with Gasteiger partial charge in [0.05, 0.1) is 29.3 Å². The lowest BCUT2D eigenvalue weighted by Crippen LogP contribution is -2.29. The highest BCUT2D eigenvalue weighted by Crippen LogP contribution is 2.24. The first-order chi connectivity index (χ1) is 15.3. The van der Waals surface area contributed by atoms with E-state index in [1.165, 1.54) is 13.3 Å². The van der Waals surface area contributed by atoms with Crippen LogP contribution in [0.4, 0.5) is 5.82 Å². The molecule has 0 saturated carbocycles. The number of ether oxygens (including phenoxy) is 1. The molecule has 0 unspecified atom stereocenters. The van der Waals surface area contributed by atoms with Crippen LogP contribution in [-0.2, 0) is 11.3 Å². The highest BCUT2D eigenvalue weighted by Gasteiger charge is 2.19. The van der Waals surface area contributed by atoms with Crippen LogP contribution in [0.2, 0.25) is 10.0 Å². The Bertz CT molecular complexity index is 1120.